The molecule has 0 aromatic carbocycles. The van der Waals surface area contributed by atoms with Crippen LogP contribution in [0.15, 0.2) is 17.1 Å². The van der Waals surface area contributed by atoms with Crippen molar-refractivity contribution in [2.45, 2.75) is 32.5 Å². The number of hydrogen-bond donors (Lipinski definition) is 3. The van der Waals surface area contributed by atoms with Gasteiger partial charge in [0.15, 0.2) is 0 Å². The van der Waals surface area contributed by atoms with Crippen LogP contribution in [0.2, 0.25) is 0 Å². The van der Waals surface area contributed by atoms with Crippen LogP contribution in [-0.4, -0.2) is 42.6 Å². The highest BCUT2D eigenvalue weighted by molar-refractivity contribution is 5.89. The van der Waals surface area contributed by atoms with Crippen molar-refractivity contribution in [3.8, 4) is 0 Å². The maximum atomic E-state index is 12.7. The van der Waals surface area contributed by atoms with Crippen LogP contribution in [0.4, 0.5) is 23.7 Å². The molecule has 24 heavy (non-hydrogen) atoms. The second-order valence-corrected chi connectivity index (χ2v) is 6.32. The van der Waals surface area contributed by atoms with E-state index in [0.717, 1.165) is 0 Å². The number of halogens is 3. The number of pyridine rings is 1. The first-order valence-electron chi connectivity index (χ1n) is 7.51. The number of amides is 2. The lowest BCUT2D eigenvalue weighted by Gasteiger charge is -2.24. The molecule has 1 rings (SSSR count). The average molecular weight is 348 g/mol. The Kier molecular flexibility index (Phi) is 6.82. The number of rotatable bonds is 6. The van der Waals surface area contributed by atoms with E-state index in [1.165, 1.54) is 0 Å². The van der Waals surface area contributed by atoms with Crippen LogP contribution in [0.5, 0.6) is 0 Å². The number of anilines is 1. The minimum Gasteiger partial charge on any atom is -0.334 e. The molecule has 1 heterocycles. The number of nitrogens with one attached hydrogen (secondary N) is 3. The van der Waals surface area contributed by atoms with Crippen molar-refractivity contribution < 1.29 is 18.0 Å². The van der Waals surface area contributed by atoms with Gasteiger partial charge in [-0.05, 0) is 32.5 Å². The van der Waals surface area contributed by atoms with Crippen molar-refractivity contribution in [1.82, 2.24) is 15.2 Å². The molecular weight excluding hydrogens is 325 g/mol. The summed E-state index contributed by atoms with van der Waals surface area (Å²) in [4.78, 5) is 27.5. The van der Waals surface area contributed by atoms with Gasteiger partial charge in [-0.25, -0.2) is 4.79 Å². The summed E-state index contributed by atoms with van der Waals surface area (Å²) in [5.41, 5.74) is -2.29. The Labute approximate surface area is 138 Å². The van der Waals surface area contributed by atoms with Gasteiger partial charge in [0.2, 0.25) is 0 Å². The predicted molar refractivity (Wildman–Crippen MR) is 86.0 cm³/mol. The number of alkyl halides is 3. The van der Waals surface area contributed by atoms with E-state index in [1.807, 2.05) is 37.8 Å². The smallest absolute Gasteiger partial charge is 0.334 e. The number of likely N-dealkylation sites (N-methyl/N-ethyl adjacent to an activating group) is 1. The Morgan fingerprint density at radius 2 is 1.96 bits per heavy atom. The van der Waals surface area contributed by atoms with Crippen LogP contribution in [0.1, 0.15) is 25.8 Å². The fourth-order valence-corrected chi connectivity index (χ4v) is 2.27. The lowest BCUT2D eigenvalue weighted by atomic mass is 10.0. The van der Waals surface area contributed by atoms with Crippen LogP contribution in [0, 0.1) is 5.92 Å². The molecule has 0 aliphatic rings. The largest absolute Gasteiger partial charge is 0.417 e. The molecule has 0 saturated heterocycles. The van der Waals surface area contributed by atoms with Gasteiger partial charge >= 0.3 is 12.2 Å². The maximum absolute atomic E-state index is 12.7. The molecule has 9 heteroatoms. The summed E-state index contributed by atoms with van der Waals surface area (Å²) in [7, 11) is 3.70. The third kappa shape index (κ3) is 6.61. The molecular formula is C15H23F3N4O2. The van der Waals surface area contributed by atoms with Gasteiger partial charge in [-0.3, -0.25) is 4.79 Å². The van der Waals surface area contributed by atoms with E-state index >= 15 is 0 Å². The molecule has 3 N–H and O–H groups in total. The Balaban J connectivity index is 2.84. The molecule has 6 nitrogen and oxygen atoms in total. The number of nitrogens with zero attached hydrogens (tertiary/aromatic N) is 1. The highest BCUT2D eigenvalue weighted by Gasteiger charge is 2.31. The first kappa shape index (κ1) is 20.0. The van der Waals surface area contributed by atoms with E-state index in [1.54, 1.807) is 0 Å². The van der Waals surface area contributed by atoms with E-state index in [4.69, 9.17) is 0 Å². The summed E-state index contributed by atoms with van der Waals surface area (Å²) in [6.07, 6.45) is -3.34. The summed E-state index contributed by atoms with van der Waals surface area (Å²) >= 11 is 0. The van der Waals surface area contributed by atoms with E-state index in [-0.39, 0.29) is 6.04 Å². The Bertz CT molecular complexity index is 601. The first-order chi connectivity index (χ1) is 11.0. The van der Waals surface area contributed by atoms with Crippen molar-refractivity contribution in [3.05, 3.63) is 28.2 Å². The highest BCUT2D eigenvalue weighted by Crippen LogP contribution is 2.29. The summed E-state index contributed by atoms with van der Waals surface area (Å²) in [6, 6.07) is -0.292. The van der Waals surface area contributed by atoms with Crippen molar-refractivity contribution >= 4 is 11.7 Å². The lowest BCUT2D eigenvalue weighted by Crippen LogP contribution is -2.44. The maximum Gasteiger partial charge on any atom is 0.417 e. The standard InChI is InChI=1S/C15H23F3N4O2/c1-9(2)5-11(8-22(3)4)20-14(24)21-12-6-10(15(16,17)18)7-19-13(12)23/h6-7,9,11H,5,8H2,1-4H3,(H,19,23)(H2,20,21,24). The van der Waals surface area contributed by atoms with Crippen LogP contribution in [0.3, 0.4) is 0 Å². The zero-order valence-electron chi connectivity index (χ0n) is 14.1. The summed E-state index contributed by atoms with van der Waals surface area (Å²) in [5, 5.41) is 4.88. The first-order valence-corrected chi connectivity index (χ1v) is 7.51. The molecule has 1 atom stereocenters. The topological polar surface area (TPSA) is 77.2 Å². The summed E-state index contributed by atoms with van der Waals surface area (Å²) in [5.74, 6) is 0.326. The third-order valence-electron chi connectivity index (χ3n) is 3.16. The quantitative estimate of drug-likeness (QED) is 0.739. The second kappa shape index (κ2) is 8.18. The normalized spacial score (nSPS) is 13.2. The van der Waals surface area contributed by atoms with Gasteiger partial charge in [-0.1, -0.05) is 13.8 Å². The number of carbonyl (C=O) groups is 1. The fraction of sp³-hybridized carbons (Fsp3) is 0.600. The van der Waals surface area contributed by atoms with Gasteiger partial charge in [-0.2, -0.15) is 13.2 Å². The molecule has 0 bridgehead atoms. The Morgan fingerprint density at radius 3 is 2.46 bits per heavy atom. The van der Waals surface area contributed by atoms with Crippen molar-refractivity contribution in [2.24, 2.45) is 5.92 Å². The van der Waals surface area contributed by atoms with E-state index < -0.39 is 29.0 Å². The van der Waals surface area contributed by atoms with E-state index in [9.17, 15) is 22.8 Å². The molecule has 1 aromatic rings. The minimum absolute atomic E-state index is 0.190. The van der Waals surface area contributed by atoms with Crippen LogP contribution in [-0.2, 0) is 6.18 Å². The molecule has 2 amide bonds. The van der Waals surface area contributed by atoms with Crippen LogP contribution < -0.4 is 16.2 Å². The highest BCUT2D eigenvalue weighted by atomic mass is 19.4. The van der Waals surface area contributed by atoms with Gasteiger partial charge in [-0.15, -0.1) is 0 Å². The number of hydrogen-bond acceptors (Lipinski definition) is 3. The average Bonchev–Trinajstić information content (AvgIpc) is 2.38. The zero-order valence-corrected chi connectivity index (χ0v) is 14.1. The fourth-order valence-electron chi connectivity index (χ4n) is 2.27. The van der Waals surface area contributed by atoms with Gasteiger partial charge in [0, 0.05) is 18.8 Å². The Hall–Kier alpha value is -2.03. The van der Waals surface area contributed by atoms with Gasteiger partial charge in [0.25, 0.3) is 5.56 Å². The monoisotopic (exact) mass is 348 g/mol. The number of urea groups is 1. The second-order valence-electron chi connectivity index (χ2n) is 6.32. The molecule has 0 spiro atoms. The van der Waals surface area contributed by atoms with Crippen LogP contribution in [0.25, 0.3) is 0 Å². The minimum atomic E-state index is -4.61. The number of aromatic nitrogens is 1. The number of H-pyrrole nitrogens is 1. The summed E-state index contributed by atoms with van der Waals surface area (Å²) < 4.78 is 38.0. The van der Waals surface area contributed by atoms with E-state index in [0.29, 0.717) is 31.1 Å². The van der Waals surface area contributed by atoms with Gasteiger partial charge < -0.3 is 20.5 Å². The molecule has 0 saturated carbocycles. The number of carbonyl (C=O) groups excluding carboxylic acids is 1. The van der Waals surface area contributed by atoms with Crippen LogP contribution >= 0.6 is 0 Å². The van der Waals surface area contributed by atoms with Gasteiger partial charge in [0.1, 0.15) is 5.69 Å². The summed E-state index contributed by atoms with van der Waals surface area (Å²) in [6.45, 7) is 4.57. The van der Waals surface area contributed by atoms with E-state index in [2.05, 4.69) is 10.6 Å². The van der Waals surface area contributed by atoms with Crippen molar-refractivity contribution in [1.29, 1.82) is 0 Å². The molecule has 1 unspecified atom stereocenters. The van der Waals surface area contributed by atoms with Crippen molar-refractivity contribution in [3.63, 3.8) is 0 Å². The Morgan fingerprint density at radius 1 is 1.33 bits per heavy atom. The predicted octanol–water partition coefficient (Wildman–Crippen LogP) is 2.49. The lowest BCUT2D eigenvalue weighted by molar-refractivity contribution is -0.137. The molecule has 1 aromatic heterocycles. The van der Waals surface area contributed by atoms with Gasteiger partial charge in [0.05, 0.1) is 5.56 Å². The molecule has 136 valence electrons. The third-order valence-corrected chi connectivity index (χ3v) is 3.16. The van der Waals surface area contributed by atoms with Crippen molar-refractivity contribution in [2.75, 3.05) is 26.0 Å². The molecule has 0 fully saturated rings. The zero-order chi connectivity index (χ0) is 18.5. The molecule has 0 aliphatic heterocycles. The molecule has 0 radical (unpaired) electrons. The SMILES string of the molecule is CC(C)CC(CN(C)C)NC(=O)Nc1cc(C(F)(F)F)c[nH]c1=O. The number of aromatic amines is 1. The molecule has 0 aliphatic carbocycles.